The second kappa shape index (κ2) is 10.7. The van der Waals surface area contributed by atoms with Gasteiger partial charge in [-0.15, -0.1) is 0 Å². The van der Waals surface area contributed by atoms with Gasteiger partial charge in [0.2, 0.25) is 0 Å². The number of aromatic amines is 1. The summed E-state index contributed by atoms with van der Waals surface area (Å²) >= 11 is 0. The molecular formula is C29H25F4N5O2S. The molecule has 1 fully saturated rings. The summed E-state index contributed by atoms with van der Waals surface area (Å²) in [5.74, 6) is -1.15. The lowest BCUT2D eigenvalue weighted by atomic mass is 9.92. The summed E-state index contributed by atoms with van der Waals surface area (Å²) in [6, 6.07) is 18.1. The SMILES string of the molecule is CN(C)S(=O)(=O)N1CCC(=C(c2ccc(-c3cccc(C#N)c3)cc2)c2nc3cc(F)c(C(F)(F)F)cc3[nH]2)CC1. The van der Waals surface area contributed by atoms with E-state index in [4.69, 9.17) is 0 Å². The first kappa shape index (κ1) is 28.5. The average Bonchev–Trinajstić information content (AvgIpc) is 3.35. The molecule has 1 N–H and O–H groups in total. The predicted molar refractivity (Wildman–Crippen MR) is 147 cm³/mol. The number of aromatic nitrogens is 2. The number of imidazole rings is 1. The zero-order valence-corrected chi connectivity index (χ0v) is 22.9. The molecular weight excluding hydrogens is 558 g/mol. The third kappa shape index (κ3) is 5.61. The number of rotatable bonds is 5. The Morgan fingerprint density at radius 1 is 1.02 bits per heavy atom. The average molecular weight is 584 g/mol. The Balaban J connectivity index is 1.60. The van der Waals surface area contributed by atoms with Gasteiger partial charge < -0.3 is 4.98 Å². The molecule has 0 atom stereocenters. The smallest absolute Gasteiger partial charge is 0.338 e. The summed E-state index contributed by atoms with van der Waals surface area (Å²) in [6.45, 7) is 0.428. The number of piperidine rings is 1. The van der Waals surface area contributed by atoms with Crippen molar-refractivity contribution in [3.8, 4) is 17.2 Å². The third-order valence-corrected chi connectivity index (χ3v) is 9.02. The normalized spacial score (nSPS) is 14.9. The van der Waals surface area contributed by atoms with Gasteiger partial charge in [0.05, 0.1) is 28.2 Å². The second-order valence-electron chi connectivity index (χ2n) is 9.87. The largest absolute Gasteiger partial charge is 0.419 e. The van der Waals surface area contributed by atoms with Crippen LogP contribution in [0.5, 0.6) is 0 Å². The number of hydrogen-bond acceptors (Lipinski definition) is 4. The summed E-state index contributed by atoms with van der Waals surface area (Å²) in [6.07, 6.45) is -4.13. The third-order valence-electron chi connectivity index (χ3n) is 7.08. The van der Waals surface area contributed by atoms with E-state index < -0.39 is 27.8 Å². The number of alkyl halides is 3. The van der Waals surface area contributed by atoms with Gasteiger partial charge in [0.25, 0.3) is 10.2 Å². The molecule has 0 aliphatic carbocycles. The Labute approximate surface area is 234 Å². The molecule has 0 radical (unpaired) electrons. The quantitative estimate of drug-likeness (QED) is 0.293. The number of nitrogens with zero attached hydrogens (tertiary/aromatic N) is 4. The van der Waals surface area contributed by atoms with Crippen LogP contribution in [0, 0.1) is 17.1 Å². The van der Waals surface area contributed by atoms with Crippen molar-refractivity contribution >= 4 is 26.8 Å². The molecule has 1 saturated heterocycles. The van der Waals surface area contributed by atoms with Crippen LogP contribution in [0.25, 0.3) is 27.7 Å². The van der Waals surface area contributed by atoms with Gasteiger partial charge in [-0.3, -0.25) is 0 Å². The lowest BCUT2D eigenvalue weighted by molar-refractivity contribution is -0.139. The number of fused-ring (bicyclic) bond motifs is 1. The van der Waals surface area contributed by atoms with Crippen LogP contribution in [0.15, 0.2) is 66.2 Å². The number of hydrogen-bond donors (Lipinski definition) is 1. The molecule has 1 aliphatic heterocycles. The van der Waals surface area contributed by atoms with Crippen molar-refractivity contribution in [1.82, 2.24) is 18.6 Å². The highest BCUT2D eigenvalue weighted by Crippen LogP contribution is 2.37. The van der Waals surface area contributed by atoms with Gasteiger partial charge in [-0.1, -0.05) is 42.0 Å². The molecule has 1 aromatic heterocycles. The summed E-state index contributed by atoms with van der Waals surface area (Å²) < 4.78 is 82.2. The first-order valence-corrected chi connectivity index (χ1v) is 14.1. The van der Waals surface area contributed by atoms with E-state index in [-0.39, 0.29) is 29.9 Å². The van der Waals surface area contributed by atoms with Crippen molar-refractivity contribution < 1.29 is 26.0 Å². The number of H-pyrrole nitrogens is 1. The molecule has 212 valence electrons. The zero-order valence-electron chi connectivity index (χ0n) is 22.1. The highest BCUT2D eigenvalue weighted by atomic mass is 32.2. The molecule has 5 rings (SSSR count). The lowest BCUT2D eigenvalue weighted by Gasteiger charge is -2.31. The van der Waals surface area contributed by atoms with E-state index in [2.05, 4.69) is 16.0 Å². The fraction of sp³-hybridized carbons (Fsp3) is 0.241. The van der Waals surface area contributed by atoms with E-state index in [1.165, 1.54) is 18.4 Å². The van der Waals surface area contributed by atoms with Crippen LogP contribution >= 0.6 is 0 Å². The van der Waals surface area contributed by atoms with E-state index in [1.807, 2.05) is 30.3 Å². The van der Waals surface area contributed by atoms with E-state index in [1.54, 1.807) is 18.2 Å². The molecule has 1 aliphatic rings. The number of halogens is 4. The number of nitriles is 1. The van der Waals surface area contributed by atoms with Crippen molar-refractivity contribution in [2.75, 3.05) is 27.2 Å². The highest BCUT2D eigenvalue weighted by Gasteiger charge is 2.35. The highest BCUT2D eigenvalue weighted by molar-refractivity contribution is 7.86. The summed E-state index contributed by atoms with van der Waals surface area (Å²) in [5, 5.41) is 9.24. The summed E-state index contributed by atoms with van der Waals surface area (Å²) in [5.41, 5.74) is 3.08. The van der Waals surface area contributed by atoms with Crippen molar-refractivity contribution in [2.45, 2.75) is 19.0 Å². The first-order chi connectivity index (χ1) is 19.4. The van der Waals surface area contributed by atoms with Crippen LogP contribution in [0.2, 0.25) is 0 Å². The molecule has 41 heavy (non-hydrogen) atoms. The van der Waals surface area contributed by atoms with Crippen LogP contribution < -0.4 is 0 Å². The van der Waals surface area contributed by atoms with Gasteiger partial charge in [0.1, 0.15) is 11.6 Å². The Morgan fingerprint density at radius 3 is 2.32 bits per heavy atom. The number of nitrogens with one attached hydrogen (secondary N) is 1. The van der Waals surface area contributed by atoms with Crippen LogP contribution in [-0.4, -0.2) is 54.2 Å². The van der Waals surface area contributed by atoms with Crippen molar-refractivity contribution in [3.05, 3.63) is 94.6 Å². The fourth-order valence-corrected chi connectivity index (χ4v) is 6.05. The molecule has 0 amide bonds. The molecule has 2 heterocycles. The van der Waals surface area contributed by atoms with Crippen LogP contribution in [0.3, 0.4) is 0 Å². The van der Waals surface area contributed by atoms with Gasteiger partial charge in [0, 0.05) is 38.8 Å². The first-order valence-electron chi connectivity index (χ1n) is 12.7. The van der Waals surface area contributed by atoms with Crippen molar-refractivity contribution in [3.63, 3.8) is 0 Å². The molecule has 0 spiro atoms. The predicted octanol–water partition coefficient (Wildman–Crippen LogP) is 5.96. The molecule has 7 nitrogen and oxygen atoms in total. The van der Waals surface area contributed by atoms with E-state index in [0.717, 1.165) is 27.1 Å². The minimum atomic E-state index is -4.87. The Kier molecular flexibility index (Phi) is 7.46. The maximum atomic E-state index is 14.3. The van der Waals surface area contributed by atoms with E-state index >= 15 is 0 Å². The monoisotopic (exact) mass is 583 g/mol. The second-order valence-corrected chi connectivity index (χ2v) is 12.0. The minimum Gasteiger partial charge on any atom is -0.338 e. The van der Waals surface area contributed by atoms with Gasteiger partial charge in [0.15, 0.2) is 0 Å². The van der Waals surface area contributed by atoms with Gasteiger partial charge >= 0.3 is 6.18 Å². The van der Waals surface area contributed by atoms with Gasteiger partial charge in [-0.25, -0.2) is 9.37 Å². The molecule has 3 aromatic carbocycles. The molecule has 12 heteroatoms. The maximum Gasteiger partial charge on any atom is 0.419 e. The standard InChI is InChI=1S/C29H25F4N5O2S/c1-37(2)41(39,40)38-12-10-21(11-13-38)27(20-8-6-19(7-9-20)22-5-3-4-18(14-22)17-34)28-35-25-15-23(29(31,32)33)24(30)16-26(25)36-28/h3-9,14-16H,10-13H2,1-2H3,(H,35,36). The van der Waals surface area contributed by atoms with Gasteiger partial charge in [-0.2, -0.15) is 35.5 Å². The lowest BCUT2D eigenvalue weighted by Crippen LogP contribution is -2.43. The van der Waals surface area contributed by atoms with Crippen molar-refractivity contribution in [1.29, 1.82) is 5.26 Å². The summed E-state index contributed by atoms with van der Waals surface area (Å²) in [4.78, 5) is 7.39. The van der Waals surface area contributed by atoms with Gasteiger partial charge in [-0.05, 0) is 47.7 Å². The summed E-state index contributed by atoms with van der Waals surface area (Å²) in [7, 11) is -0.693. The zero-order chi connectivity index (χ0) is 29.5. The van der Waals surface area contributed by atoms with Crippen molar-refractivity contribution in [2.24, 2.45) is 0 Å². The maximum absolute atomic E-state index is 14.3. The topological polar surface area (TPSA) is 93.1 Å². The van der Waals surface area contributed by atoms with Crippen LogP contribution in [0.1, 0.15) is 35.4 Å². The molecule has 0 unspecified atom stereocenters. The number of benzene rings is 3. The Bertz CT molecular complexity index is 1790. The van der Waals surface area contributed by atoms with E-state index in [0.29, 0.717) is 35.6 Å². The van der Waals surface area contributed by atoms with Crippen LogP contribution in [-0.2, 0) is 16.4 Å². The Hall–Kier alpha value is -4.05. The van der Waals surface area contributed by atoms with E-state index in [9.17, 15) is 31.2 Å². The fourth-order valence-electron chi connectivity index (χ4n) is 4.94. The molecule has 4 aromatic rings. The molecule has 0 bridgehead atoms. The van der Waals surface area contributed by atoms with Crippen LogP contribution in [0.4, 0.5) is 17.6 Å². The molecule has 0 saturated carbocycles. The minimum absolute atomic E-state index is 0.0318. The Morgan fingerprint density at radius 2 is 1.71 bits per heavy atom.